The van der Waals surface area contributed by atoms with Gasteiger partial charge in [0, 0.05) is 12.1 Å². The smallest absolute Gasteiger partial charge is 0.0584 e. The molecule has 0 bridgehead atoms. The number of hydrogen-bond acceptors (Lipinski definition) is 2. The Morgan fingerprint density at radius 1 is 1.38 bits per heavy atom. The van der Waals surface area contributed by atoms with Crippen LogP contribution in [0.5, 0.6) is 0 Å². The summed E-state index contributed by atoms with van der Waals surface area (Å²) in [7, 11) is 0. The molecule has 0 aromatic carbocycles. The molecule has 0 radical (unpaired) electrons. The molecule has 13 heavy (non-hydrogen) atoms. The van der Waals surface area contributed by atoms with E-state index in [1.807, 2.05) is 0 Å². The monoisotopic (exact) mass is 185 g/mol. The average molecular weight is 185 g/mol. The summed E-state index contributed by atoms with van der Waals surface area (Å²) in [4.78, 5) is 0. The number of aliphatic hydroxyl groups is 1. The zero-order valence-corrected chi connectivity index (χ0v) is 8.92. The molecule has 3 atom stereocenters. The average Bonchev–Trinajstić information content (AvgIpc) is 2.17. The summed E-state index contributed by atoms with van der Waals surface area (Å²) in [5.41, 5.74) is 0. The first-order chi connectivity index (χ1) is 6.27. The molecule has 2 nitrogen and oxygen atoms in total. The van der Waals surface area contributed by atoms with Gasteiger partial charge in [0.1, 0.15) is 0 Å². The number of rotatable bonds is 4. The summed E-state index contributed by atoms with van der Waals surface area (Å²) in [5.74, 6) is 0.786. The Morgan fingerprint density at radius 3 is 2.62 bits per heavy atom. The minimum absolute atomic E-state index is 0.278. The molecular formula is C11H23NO. The Labute approximate surface area is 81.7 Å². The van der Waals surface area contributed by atoms with Crippen LogP contribution >= 0.6 is 0 Å². The molecule has 0 aliphatic heterocycles. The van der Waals surface area contributed by atoms with Crippen LogP contribution < -0.4 is 5.32 Å². The molecular weight excluding hydrogens is 162 g/mol. The maximum atomic E-state index is 9.08. The van der Waals surface area contributed by atoms with Crippen molar-refractivity contribution in [3.8, 4) is 0 Å². The summed E-state index contributed by atoms with van der Waals surface area (Å²) < 4.78 is 0. The third-order valence-electron chi connectivity index (χ3n) is 3.27. The minimum atomic E-state index is 0.278. The van der Waals surface area contributed by atoms with Crippen molar-refractivity contribution in [3.05, 3.63) is 0 Å². The van der Waals surface area contributed by atoms with Gasteiger partial charge in [-0.15, -0.1) is 0 Å². The van der Waals surface area contributed by atoms with Crippen LogP contribution in [0.4, 0.5) is 0 Å². The van der Waals surface area contributed by atoms with Crippen molar-refractivity contribution in [1.82, 2.24) is 5.32 Å². The highest BCUT2D eigenvalue weighted by Crippen LogP contribution is 2.24. The highest BCUT2D eigenvalue weighted by atomic mass is 16.3. The van der Waals surface area contributed by atoms with Crippen molar-refractivity contribution in [3.63, 3.8) is 0 Å². The van der Waals surface area contributed by atoms with Gasteiger partial charge in [-0.2, -0.15) is 0 Å². The van der Waals surface area contributed by atoms with Gasteiger partial charge in [-0.05, 0) is 25.2 Å². The first-order valence-corrected chi connectivity index (χ1v) is 5.64. The van der Waals surface area contributed by atoms with Crippen molar-refractivity contribution in [2.24, 2.45) is 5.92 Å². The summed E-state index contributed by atoms with van der Waals surface area (Å²) in [6.07, 6.45) is 6.40. The molecule has 2 unspecified atom stereocenters. The zero-order valence-electron chi connectivity index (χ0n) is 8.92. The summed E-state index contributed by atoms with van der Waals surface area (Å²) >= 11 is 0. The molecule has 2 N–H and O–H groups in total. The van der Waals surface area contributed by atoms with E-state index >= 15 is 0 Å². The Hall–Kier alpha value is -0.0800. The molecule has 1 aliphatic rings. The highest BCUT2D eigenvalue weighted by molar-refractivity contribution is 4.80. The zero-order chi connectivity index (χ0) is 9.68. The van der Waals surface area contributed by atoms with E-state index < -0.39 is 0 Å². The largest absolute Gasteiger partial charge is 0.395 e. The fraction of sp³-hybridized carbons (Fsp3) is 1.00. The molecule has 1 saturated carbocycles. The number of nitrogens with one attached hydrogen (secondary N) is 1. The van der Waals surface area contributed by atoms with Gasteiger partial charge < -0.3 is 10.4 Å². The second kappa shape index (κ2) is 5.61. The van der Waals surface area contributed by atoms with E-state index in [1.165, 1.54) is 25.7 Å². The van der Waals surface area contributed by atoms with Crippen molar-refractivity contribution in [2.45, 2.75) is 58.0 Å². The van der Waals surface area contributed by atoms with Crippen molar-refractivity contribution in [1.29, 1.82) is 0 Å². The molecule has 0 amide bonds. The van der Waals surface area contributed by atoms with E-state index in [2.05, 4.69) is 19.2 Å². The van der Waals surface area contributed by atoms with Crippen LogP contribution in [-0.2, 0) is 0 Å². The minimum Gasteiger partial charge on any atom is -0.395 e. The van der Waals surface area contributed by atoms with E-state index in [0.29, 0.717) is 12.1 Å². The van der Waals surface area contributed by atoms with Crippen LogP contribution in [0.2, 0.25) is 0 Å². The lowest BCUT2D eigenvalue weighted by atomic mass is 9.85. The molecule has 1 rings (SSSR count). The maximum absolute atomic E-state index is 9.08. The van der Waals surface area contributed by atoms with Crippen molar-refractivity contribution < 1.29 is 5.11 Å². The van der Waals surface area contributed by atoms with Crippen LogP contribution in [-0.4, -0.2) is 23.8 Å². The van der Waals surface area contributed by atoms with Crippen LogP contribution in [0.15, 0.2) is 0 Å². The van der Waals surface area contributed by atoms with Gasteiger partial charge in [-0.1, -0.05) is 26.7 Å². The summed E-state index contributed by atoms with van der Waals surface area (Å²) in [6.45, 7) is 4.72. The van der Waals surface area contributed by atoms with Crippen LogP contribution in [0.3, 0.4) is 0 Å². The third-order valence-corrected chi connectivity index (χ3v) is 3.27. The van der Waals surface area contributed by atoms with Gasteiger partial charge in [0.15, 0.2) is 0 Å². The first-order valence-electron chi connectivity index (χ1n) is 5.64. The van der Waals surface area contributed by atoms with Crippen LogP contribution in [0.1, 0.15) is 46.0 Å². The fourth-order valence-electron chi connectivity index (χ4n) is 2.17. The molecule has 78 valence electrons. The SMILES string of the molecule is CC[C@@H](CO)NC1CCCCC1C. The normalized spacial score (nSPS) is 31.6. The van der Waals surface area contributed by atoms with Gasteiger partial charge in [-0.3, -0.25) is 0 Å². The van der Waals surface area contributed by atoms with Gasteiger partial charge in [0.25, 0.3) is 0 Å². The predicted octanol–water partition coefficient (Wildman–Crippen LogP) is 1.93. The lowest BCUT2D eigenvalue weighted by molar-refractivity contribution is 0.193. The Bertz CT molecular complexity index is 134. The Kier molecular flexibility index (Phi) is 4.74. The van der Waals surface area contributed by atoms with E-state index in [9.17, 15) is 0 Å². The molecule has 0 spiro atoms. The van der Waals surface area contributed by atoms with Gasteiger partial charge in [0.2, 0.25) is 0 Å². The predicted molar refractivity (Wildman–Crippen MR) is 55.7 cm³/mol. The first kappa shape index (κ1) is 11.0. The standard InChI is InChI=1S/C11H23NO/c1-3-10(8-13)12-11-7-5-4-6-9(11)2/h9-13H,3-8H2,1-2H3/t9?,10-,11?/m0/s1. The molecule has 1 fully saturated rings. The van der Waals surface area contributed by atoms with Gasteiger partial charge >= 0.3 is 0 Å². The number of hydrogen-bond donors (Lipinski definition) is 2. The van der Waals surface area contributed by atoms with Crippen LogP contribution in [0.25, 0.3) is 0 Å². The molecule has 0 saturated heterocycles. The quantitative estimate of drug-likeness (QED) is 0.701. The lowest BCUT2D eigenvalue weighted by Gasteiger charge is -2.32. The second-order valence-corrected chi connectivity index (χ2v) is 4.32. The van der Waals surface area contributed by atoms with E-state index in [0.717, 1.165) is 12.3 Å². The topological polar surface area (TPSA) is 32.3 Å². The van der Waals surface area contributed by atoms with Gasteiger partial charge in [-0.25, -0.2) is 0 Å². The second-order valence-electron chi connectivity index (χ2n) is 4.32. The summed E-state index contributed by atoms with van der Waals surface area (Å²) in [5, 5.41) is 12.6. The molecule has 0 aromatic heterocycles. The fourth-order valence-corrected chi connectivity index (χ4v) is 2.17. The molecule has 0 heterocycles. The van der Waals surface area contributed by atoms with E-state index in [-0.39, 0.29) is 6.61 Å². The number of aliphatic hydroxyl groups excluding tert-OH is 1. The van der Waals surface area contributed by atoms with E-state index in [4.69, 9.17) is 5.11 Å². The Balaban J connectivity index is 2.32. The molecule has 2 heteroatoms. The van der Waals surface area contributed by atoms with Crippen LogP contribution in [0, 0.1) is 5.92 Å². The molecule has 1 aliphatic carbocycles. The van der Waals surface area contributed by atoms with Gasteiger partial charge in [0.05, 0.1) is 6.61 Å². The summed E-state index contributed by atoms with van der Waals surface area (Å²) in [6, 6.07) is 0.955. The Morgan fingerprint density at radius 2 is 2.08 bits per heavy atom. The van der Waals surface area contributed by atoms with E-state index in [1.54, 1.807) is 0 Å². The maximum Gasteiger partial charge on any atom is 0.0584 e. The van der Waals surface area contributed by atoms with Crippen molar-refractivity contribution >= 4 is 0 Å². The lowest BCUT2D eigenvalue weighted by Crippen LogP contribution is -2.44. The molecule has 0 aromatic rings. The highest BCUT2D eigenvalue weighted by Gasteiger charge is 2.22. The van der Waals surface area contributed by atoms with Crippen molar-refractivity contribution in [2.75, 3.05) is 6.61 Å². The third kappa shape index (κ3) is 3.28.